The summed E-state index contributed by atoms with van der Waals surface area (Å²) in [6, 6.07) is 11.0. The molecular weight excluding hydrogens is 411 g/mol. The molecule has 3 rings (SSSR count). The lowest BCUT2D eigenvalue weighted by Gasteiger charge is -2.08. The molecule has 1 N–H and O–H groups in total. The van der Waals surface area contributed by atoms with Crippen LogP contribution in [0.25, 0.3) is 11.0 Å². The molecule has 3 aromatic rings. The Hall–Kier alpha value is -3.73. The predicted octanol–water partition coefficient (Wildman–Crippen LogP) is 3.92. The number of fused-ring (bicyclic) bond motifs is 1. The highest BCUT2D eigenvalue weighted by Crippen LogP contribution is 2.29. The van der Waals surface area contributed by atoms with Crippen molar-refractivity contribution in [1.82, 2.24) is 5.32 Å². The molecule has 0 atom stereocenters. The molecule has 0 fully saturated rings. The van der Waals surface area contributed by atoms with Crippen LogP contribution in [-0.4, -0.2) is 19.1 Å². The topological polar surface area (TPSA) is 68.5 Å². The van der Waals surface area contributed by atoms with Crippen LogP contribution in [0.15, 0.2) is 57.7 Å². The van der Waals surface area contributed by atoms with E-state index in [1.807, 2.05) is 6.92 Å². The molecule has 160 valence electrons. The number of hydrogen-bond donors (Lipinski definition) is 1. The van der Waals surface area contributed by atoms with E-state index in [0.29, 0.717) is 17.8 Å². The molecule has 1 aromatic heterocycles. The first-order valence-electron chi connectivity index (χ1n) is 9.38. The minimum Gasteiger partial charge on any atom is -0.484 e. The van der Waals surface area contributed by atoms with Crippen molar-refractivity contribution in [3.8, 4) is 17.6 Å². The van der Waals surface area contributed by atoms with Crippen LogP contribution < -0.4 is 15.7 Å². The number of halogens is 3. The van der Waals surface area contributed by atoms with Gasteiger partial charge in [-0.05, 0) is 42.3 Å². The number of hydrogen-bond acceptors (Lipinski definition) is 4. The van der Waals surface area contributed by atoms with Gasteiger partial charge in [0.1, 0.15) is 11.3 Å². The van der Waals surface area contributed by atoms with Gasteiger partial charge >= 0.3 is 11.8 Å². The molecule has 0 aliphatic carbocycles. The highest BCUT2D eigenvalue weighted by molar-refractivity contribution is 5.82. The predicted molar refractivity (Wildman–Crippen MR) is 109 cm³/mol. The van der Waals surface area contributed by atoms with Gasteiger partial charge in [0.2, 0.25) is 0 Å². The largest absolute Gasteiger partial charge is 0.484 e. The molecule has 0 saturated heterocycles. The molecule has 1 heterocycles. The second kappa shape index (κ2) is 9.39. The zero-order valence-electron chi connectivity index (χ0n) is 16.5. The molecule has 31 heavy (non-hydrogen) atoms. The van der Waals surface area contributed by atoms with Crippen LogP contribution in [0.3, 0.4) is 0 Å². The summed E-state index contributed by atoms with van der Waals surface area (Å²) in [6.07, 6.45) is -3.76. The zero-order valence-corrected chi connectivity index (χ0v) is 16.5. The van der Waals surface area contributed by atoms with Gasteiger partial charge in [0.05, 0.1) is 12.1 Å². The first-order valence-corrected chi connectivity index (χ1v) is 9.38. The quantitative estimate of drug-likeness (QED) is 0.493. The minimum atomic E-state index is -4.44. The smallest absolute Gasteiger partial charge is 0.416 e. The molecule has 0 aliphatic heterocycles. The molecule has 0 unspecified atom stereocenters. The van der Waals surface area contributed by atoms with Crippen molar-refractivity contribution < 1.29 is 27.1 Å². The monoisotopic (exact) mass is 429 g/mol. The Labute approximate surface area is 175 Å². The fraction of sp³-hybridized carbons (Fsp3) is 0.217. The van der Waals surface area contributed by atoms with Gasteiger partial charge in [-0.25, -0.2) is 4.79 Å². The van der Waals surface area contributed by atoms with Crippen molar-refractivity contribution >= 4 is 16.9 Å². The number of carbonyl (C=O) groups is 1. The van der Waals surface area contributed by atoms with Crippen LogP contribution in [0.4, 0.5) is 13.2 Å². The third-order valence-electron chi connectivity index (χ3n) is 4.35. The summed E-state index contributed by atoms with van der Waals surface area (Å²) in [5.74, 6) is 5.07. The van der Waals surface area contributed by atoms with E-state index < -0.39 is 23.3 Å². The summed E-state index contributed by atoms with van der Waals surface area (Å²) in [5, 5.41) is 3.29. The number of ether oxygens (including phenoxy) is 1. The standard InChI is InChI=1S/C23H18F3NO4/c1-2-16-12-22(29)31-20-13-18(8-9-19(16)20)30-14-21(28)27-10-4-6-15-5-3-7-17(11-15)23(24,25)26/h3,5,7-9,11-13H,2,10,14H2,1H3,(H,27,28). The fourth-order valence-electron chi connectivity index (χ4n) is 2.85. The molecule has 0 bridgehead atoms. The van der Waals surface area contributed by atoms with Gasteiger partial charge in [-0.15, -0.1) is 0 Å². The van der Waals surface area contributed by atoms with E-state index in [2.05, 4.69) is 17.2 Å². The molecule has 5 nitrogen and oxygen atoms in total. The summed E-state index contributed by atoms with van der Waals surface area (Å²) < 4.78 is 48.7. The first kappa shape index (κ1) is 22.0. The molecule has 0 radical (unpaired) electrons. The first-order chi connectivity index (χ1) is 14.8. The second-order valence-electron chi connectivity index (χ2n) is 6.55. The minimum absolute atomic E-state index is 0.0507. The third kappa shape index (κ3) is 5.89. The van der Waals surface area contributed by atoms with E-state index in [-0.39, 0.29) is 18.7 Å². The number of benzene rings is 2. The number of alkyl halides is 3. The summed E-state index contributed by atoms with van der Waals surface area (Å²) in [7, 11) is 0. The van der Waals surface area contributed by atoms with E-state index in [9.17, 15) is 22.8 Å². The van der Waals surface area contributed by atoms with E-state index in [1.54, 1.807) is 12.1 Å². The van der Waals surface area contributed by atoms with E-state index in [0.717, 1.165) is 23.1 Å². The Morgan fingerprint density at radius 2 is 1.97 bits per heavy atom. The summed E-state index contributed by atoms with van der Waals surface area (Å²) >= 11 is 0. The van der Waals surface area contributed by atoms with Crippen molar-refractivity contribution in [3.05, 3.63) is 75.6 Å². The van der Waals surface area contributed by atoms with E-state index in [4.69, 9.17) is 9.15 Å². The van der Waals surface area contributed by atoms with Crippen LogP contribution in [0.2, 0.25) is 0 Å². The van der Waals surface area contributed by atoms with E-state index >= 15 is 0 Å². The van der Waals surface area contributed by atoms with Crippen LogP contribution in [0.5, 0.6) is 5.75 Å². The number of nitrogens with one attached hydrogen (secondary N) is 1. The lowest BCUT2D eigenvalue weighted by Crippen LogP contribution is -2.29. The molecular formula is C23H18F3NO4. The van der Waals surface area contributed by atoms with Gasteiger partial charge in [0.25, 0.3) is 5.91 Å². The number of carbonyl (C=O) groups excluding carboxylic acids is 1. The van der Waals surface area contributed by atoms with Gasteiger partial charge in [-0.2, -0.15) is 13.2 Å². The Morgan fingerprint density at radius 3 is 2.71 bits per heavy atom. The maximum Gasteiger partial charge on any atom is 0.416 e. The highest BCUT2D eigenvalue weighted by atomic mass is 19.4. The Kier molecular flexibility index (Phi) is 6.65. The lowest BCUT2D eigenvalue weighted by molar-refractivity contribution is -0.137. The molecule has 0 aliphatic rings. The summed E-state index contributed by atoms with van der Waals surface area (Å²) in [4.78, 5) is 23.5. The van der Waals surface area contributed by atoms with Gasteiger partial charge in [0, 0.05) is 23.1 Å². The average Bonchev–Trinajstić information content (AvgIpc) is 2.74. The maximum atomic E-state index is 12.7. The summed E-state index contributed by atoms with van der Waals surface area (Å²) in [5.41, 5.74) is 0.182. The maximum absolute atomic E-state index is 12.7. The van der Waals surface area contributed by atoms with Crippen LogP contribution in [0.1, 0.15) is 23.6 Å². The average molecular weight is 429 g/mol. The fourth-order valence-corrected chi connectivity index (χ4v) is 2.85. The third-order valence-corrected chi connectivity index (χ3v) is 4.35. The Morgan fingerprint density at radius 1 is 1.16 bits per heavy atom. The molecule has 0 spiro atoms. The van der Waals surface area contributed by atoms with E-state index in [1.165, 1.54) is 24.3 Å². The Bertz CT molecular complexity index is 1220. The van der Waals surface area contributed by atoms with Crippen LogP contribution in [0, 0.1) is 11.8 Å². The van der Waals surface area contributed by atoms with Crippen LogP contribution in [-0.2, 0) is 17.4 Å². The molecule has 8 heteroatoms. The Balaban J connectivity index is 1.55. The van der Waals surface area contributed by atoms with Crippen LogP contribution >= 0.6 is 0 Å². The molecule has 0 saturated carbocycles. The molecule has 1 amide bonds. The van der Waals surface area contributed by atoms with Gasteiger partial charge < -0.3 is 14.5 Å². The highest BCUT2D eigenvalue weighted by Gasteiger charge is 2.30. The van der Waals surface area contributed by atoms with Crippen molar-refractivity contribution in [2.75, 3.05) is 13.2 Å². The number of rotatable bonds is 5. The van der Waals surface area contributed by atoms with Crippen molar-refractivity contribution in [1.29, 1.82) is 0 Å². The lowest BCUT2D eigenvalue weighted by atomic mass is 10.1. The van der Waals surface area contributed by atoms with Gasteiger partial charge in [0.15, 0.2) is 6.61 Å². The normalized spacial score (nSPS) is 11.0. The number of aryl methyl sites for hydroxylation is 1. The van der Waals surface area contributed by atoms with Crippen molar-refractivity contribution in [2.24, 2.45) is 0 Å². The SMILES string of the molecule is CCc1cc(=O)oc2cc(OCC(=O)NCC#Cc3cccc(C(F)(F)F)c3)ccc12. The zero-order chi connectivity index (χ0) is 22.4. The summed E-state index contributed by atoms with van der Waals surface area (Å²) in [6.45, 7) is 1.58. The van der Waals surface area contributed by atoms with Gasteiger partial charge in [-0.1, -0.05) is 24.8 Å². The van der Waals surface area contributed by atoms with Crippen molar-refractivity contribution in [3.63, 3.8) is 0 Å². The molecule has 2 aromatic carbocycles. The number of amides is 1. The van der Waals surface area contributed by atoms with Crippen molar-refractivity contribution in [2.45, 2.75) is 19.5 Å². The van der Waals surface area contributed by atoms with Gasteiger partial charge in [-0.3, -0.25) is 4.79 Å². The second-order valence-corrected chi connectivity index (χ2v) is 6.55.